The van der Waals surface area contributed by atoms with Gasteiger partial charge in [-0.15, -0.1) is 5.10 Å². The van der Waals surface area contributed by atoms with Gasteiger partial charge in [0.1, 0.15) is 0 Å². The van der Waals surface area contributed by atoms with Crippen LogP contribution in [0.25, 0.3) is 17.1 Å². The zero-order valence-corrected chi connectivity index (χ0v) is 15.8. The quantitative estimate of drug-likeness (QED) is 0.442. The smallest absolute Gasteiger partial charge is 0.322 e. The second kappa shape index (κ2) is 7.20. The standard InChI is InChI=1S/C19H13BrN4O4/c20-13-6-4-11(5-7-13)18-22-23-19(28-18)21-17(27)12-2-1-3-14(10-12)24-15(25)8-9-16(24)26/h1-10,25-26H,(H,21,23,27). The van der Waals surface area contributed by atoms with Crippen molar-refractivity contribution in [2.75, 3.05) is 5.32 Å². The van der Waals surface area contributed by atoms with Crippen molar-refractivity contribution in [1.29, 1.82) is 0 Å². The lowest BCUT2D eigenvalue weighted by molar-refractivity contribution is 0.102. The van der Waals surface area contributed by atoms with E-state index in [4.69, 9.17) is 4.42 Å². The predicted octanol–water partition coefficient (Wildman–Crippen LogP) is 3.95. The minimum absolute atomic E-state index is 0.0417. The van der Waals surface area contributed by atoms with Crippen LogP contribution < -0.4 is 5.32 Å². The highest BCUT2D eigenvalue weighted by molar-refractivity contribution is 9.10. The summed E-state index contributed by atoms with van der Waals surface area (Å²) < 4.78 is 7.61. The maximum Gasteiger partial charge on any atom is 0.322 e. The number of aromatic nitrogens is 3. The van der Waals surface area contributed by atoms with Crippen molar-refractivity contribution in [3.05, 3.63) is 70.7 Å². The van der Waals surface area contributed by atoms with Crippen LogP contribution >= 0.6 is 15.9 Å². The summed E-state index contributed by atoms with van der Waals surface area (Å²) in [6.07, 6.45) is 0. The van der Waals surface area contributed by atoms with E-state index in [0.717, 1.165) is 10.0 Å². The van der Waals surface area contributed by atoms with Gasteiger partial charge in [0.25, 0.3) is 5.91 Å². The summed E-state index contributed by atoms with van der Waals surface area (Å²) in [5.41, 5.74) is 1.43. The van der Waals surface area contributed by atoms with Gasteiger partial charge in [-0.2, -0.15) is 0 Å². The number of carbonyl (C=O) groups excluding carboxylic acids is 1. The first-order valence-corrected chi connectivity index (χ1v) is 8.91. The van der Waals surface area contributed by atoms with Crippen molar-refractivity contribution in [3.8, 4) is 28.9 Å². The number of amides is 1. The molecule has 2 heterocycles. The Kier molecular flexibility index (Phi) is 4.58. The summed E-state index contributed by atoms with van der Waals surface area (Å²) in [7, 11) is 0. The summed E-state index contributed by atoms with van der Waals surface area (Å²) in [5, 5.41) is 30.0. The van der Waals surface area contributed by atoms with E-state index in [9.17, 15) is 15.0 Å². The van der Waals surface area contributed by atoms with Gasteiger partial charge < -0.3 is 14.6 Å². The maximum atomic E-state index is 12.5. The fourth-order valence-electron chi connectivity index (χ4n) is 2.62. The molecule has 0 aliphatic heterocycles. The monoisotopic (exact) mass is 440 g/mol. The van der Waals surface area contributed by atoms with E-state index < -0.39 is 5.91 Å². The van der Waals surface area contributed by atoms with Gasteiger partial charge in [0.05, 0.1) is 5.69 Å². The Morgan fingerprint density at radius 2 is 1.71 bits per heavy atom. The van der Waals surface area contributed by atoms with Crippen LogP contribution in [0.15, 0.2) is 69.6 Å². The molecule has 3 N–H and O–H groups in total. The molecule has 0 aliphatic rings. The summed E-state index contributed by atoms with van der Waals surface area (Å²) in [5.74, 6) is -0.491. The van der Waals surface area contributed by atoms with E-state index in [1.165, 1.54) is 22.8 Å². The molecule has 4 aromatic rings. The second-order valence-electron chi connectivity index (χ2n) is 5.81. The van der Waals surface area contributed by atoms with Crippen LogP contribution in [0.3, 0.4) is 0 Å². The molecule has 0 bridgehead atoms. The van der Waals surface area contributed by atoms with Crippen LogP contribution in [0.5, 0.6) is 11.8 Å². The third-order valence-corrected chi connectivity index (χ3v) is 4.47. The zero-order valence-electron chi connectivity index (χ0n) is 14.2. The van der Waals surface area contributed by atoms with Crippen molar-refractivity contribution < 1.29 is 19.4 Å². The first kappa shape index (κ1) is 17.8. The van der Waals surface area contributed by atoms with Gasteiger partial charge in [0.15, 0.2) is 11.8 Å². The highest BCUT2D eigenvalue weighted by Crippen LogP contribution is 2.27. The van der Waals surface area contributed by atoms with Gasteiger partial charge >= 0.3 is 6.01 Å². The number of halogens is 1. The molecule has 9 heteroatoms. The molecular weight excluding hydrogens is 428 g/mol. The molecular formula is C19H13BrN4O4. The van der Waals surface area contributed by atoms with Crippen LogP contribution in [-0.2, 0) is 0 Å². The molecule has 2 aromatic heterocycles. The molecule has 0 saturated heterocycles. The molecule has 0 radical (unpaired) electrons. The molecule has 0 saturated carbocycles. The fraction of sp³-hybridized carbons (Fsp3) is 0. The molecule has 140 valence electrons. The zero-order chi connectivity index (χ0) is 19.7. The molecule has 0 aliphatic carbocycles. The number of benzene rings is 2. The minimum Gasteiger partial charge on any atom is -0.494 e. The lowest BCUT2D eigenvalue weighted by Crippen LogP contribution is -2.12. The van der Waals surface area contributed by atoms with Crippen LogP contribution in [0.2, 0.25) is 0 Å². The first-order chi connectivity index (χ1) is 13.5. The Morgan fingerprint density at radius 1 is 1.00 bits per heavy atom. The Balaban J connectivity index is 1.55. The van der Waals surface area contributed by atoms with Gasteiger partial charge in [-0.3, -0.25) is 14.7 Å². The molecule has 4 rings (SSSR count). The molecule has 0 unspecified atom stereocenters. The van der Waals surface area contributed by atoms with Gasteiger partial charge in [0, 0.05) is 27.7 Å². The second-order valence-corrected chi connectivity index (χ2v) is 6.72. The van der Waals surface area contributed by atoms with E-state index in [-0.39, 0.29) is 29.2 Å². The highest BCUT2D eigenvalue weighted by Gasteiger charge is 2.15. The van der Waals surface area contributed by atoms with E-state index in [1.807, 2.05) is 24.3 Å². The molecule has 2 aromatic carbocycles. The van der Waals surface area contributed by atoms with E-state index >= 15 is 0 Å². The fourth-order valence-corrected chi connectivity index (χ4v) is 2.88. The topological polar surface area (TPSA) is 113 Å². The van der Waals surface area contributed by atoms with E-state index in [0.29, 0.717) is 5.69 Å². The maximum absolute atomic E-state index is 12.5. The first-order valence-electron chi connectivity index (χ1n) is 8.12. The average molecular weight is 441 g/mol. The van der Waals surface area contributed by atoms with E-state index in [1.54, 1.807) is 18.2 Å². The van der Waals surface area contributed by atoms with Crippen molar-refractivity contribution in [2.24, 2.45) is 0 Å². The lowest BCUT2D eigenvalue weighted by Gasteiger charge is -2.08. The van der Waals surface area contributed by atoms with Crippen LogP contribution in [0.4, 0.5) is 6.01 Å². The van der Waals surface area contributed by atoms with Crippen LogP contribution in [0, 0.1) is 0 Å². The van der Waals surface area contributed by atoms with E-state index in [2.05, 4.69) is 31.4 Å². The summed E-state index contributed by atoms with van der Waals surface area (Å²) >= 11 is 3.35. The number of aromatic hydroxyl groups is 2. The average Bonchev–Trinajstić information content (AvgIpc) is 3.29. The Hall–Kier alpha value is -3.59. The van der Waals surface area contributed by atoms with Gasteiger partial charge in [0.2, 0.25) is 5.89 Å². The number of nitrogens with one attached hydrogen (secondary N) is 1. The predicted molar refractivity (Wildman–Crippen MR) is 104 cm³/mol. The Morgan fingerprint density at radius 3 is 2.43 bits per heavy atom. The number of hydrogen-bond donors (Lipinski definition) is 3. The van der Waals surface area contributed by atoms with Gasteiger partial charge in [-0.25, -0.2) is 0 Å². The lowest BCUT2D eigenvalue weighted by atomic mass is 10.2. The number of anilines is 1. The number of rotatable bonds is 4. The van der Waals surface area contributed by atoms with Crippen molar-refractivity contribution in [1.82, 2.24) is 14.8 Å². The molecule has 0 spiro atoms. The molecule has 28 heavy (non-hydrogen) atoms. The Bertz CT molecular complexity index is 1130. The minimum atomic E-state index is -0.473. The number of nitrogens with zero attached hydrogens (tertiary/aromatic N) is 3. The highest BCUT2D eigenvalue weighted by atomic mass is 79.9. The molecule has 0 atom stereocenters. The third-order valence-electron chi connectivity index (χ3n) is 3.94. The third kappa shape index (κ3) is 3.47. The normalized spacial score (nSPS) is 10.8. The summed E-state index contributed by atoms with van der Waals surface area (Å²) in [6.45, 7) is 0. The summed E-state index contributed by atoms with van der Waals surface area (Å²) in [6, 6.07) is 16.3. The van der Waals surface area contributed by atoms with Crippen LogP contribution in [-0.4, -0.2) is 30.9 Å². The number of hydrogen-bond acceptors (Lipinski definition) is 6. The van der Waals surface area contributed by atoms with Crippen molar-refractivity contribution in [3.63, 3.8) is 0 Å². The molecule has 0 fully saturated rings. The Labute approximate surface area is 167 Å². The van der Waals surface area contributed by atoms with Crippen molar-refractivity contribution >= 4 is 27.9 Å². The van der Waals surface area contributed by atoms with Gasteiger partial charge in [-0.1, -0.05) is 27.1 Å². The van der Waals surface area contributed by atoms with Crippen LogP contribution in [0.1, 0.15) is 10.4 Å². The van der Waals surface area contributed by atoms with Crippen molar-refractivity contribution in [2.45, 2.75) is 0 Å². The molecule has 8 nitrogen and oxygen atoms in total. The molecule has 1 amide bonds. The number of carbonyl (C=O) groups is 1. The summed E-state index contributed by atoms with van der Waals surface area (Å²) in [4.78, 5) is 12.5. The largest absolute Gasteiger partial charge is 0.494 e. The van der Waals surface area contributed by atoms with Gasteiger partial charge in [-0.05, 0) is 42.5 Å². The SMILES string of the molecule is O=C(Nc1nnc(-c2ccc(Br)cc2)o1)c1cccc(-n2c(O)ccc2O)c1.